The molecule has 202 valence electrons. The molecule has 2 N–H and O–H groups in total. The smallest absolute Gasteiger partial charge is 0.0348 e. The standard InChI is InChI=1S/C17H21N.C13H28.2C2H6/c1-10(2)16(15-9-12(4)17(15)18)14-8-6-7-11(3)13(14)5;1-6-9-13(8-3,10-7-2)11-12(4)5;2*1-2/h6-8H,1,9,18H2,2-5H3;12H,6-11H2,1-5H3;2*1-2H3/b16-15+;;;. The number of nitrogens with two attached hydrogens (primary N) is 1. The third kappa shape index (κ3) is 10.8. The Hall–Kier alpha value is -1.76. The van der Waals surface area contributed by atoms with Crippen LogP contribution in [0.25, 0.3) is 5.57 Å². The maximum Gasteiger partial charge on any atom is 0.0348 e. The van der Waals surface area contributed by atoms with E-state index in [1.165, 1.54) is 71.9 Å². The number of hydrogen-bond acceptors (Lipinski definition) is 1. The van der Waals surface area contributed by atoms with Crippen molar-refractivity contribution in [2.45, 2.75) is 135 Å². The third-order valence-electron chi connectivity index (χ3n) is 6.98. The number of rotatable bonds is 9. The van der Waals surface area contributed by atoms with Crippen LogP contribution >= 0.6 is 0 Å². The van der Waals surface area contributed by atoms with Gasteiger partial charge in [0.2, 0.25) is 0 Å². The lowest BCUT2D eigenvalue weighted by Crippen LogP contribution is -2.21. The van der Waals surface area contributed by atoms with Crippen molar-refractivity contribution >= 4 is 5.57 Å². The number of hydrogen-bond donors (Lipinski definition) is 1. The van der Waals surface area contributed by atoms with E-state index in [0.29, 0.717) is 5.41 Å². The van der Waals surface area contributed by atoms with Gasteiger partial charge >= 0.3 is 0 Å². The summed E-state index contributed by atoms with van der Waals surface area (Å²) in [4.78, 5) is 0. The predicted molar refractivity (Wildman–Crippen MR) is 164 cm³/mol. The van der Waals surface area contributed by atoms with Crippen LogP contribution in [0.3, 0.4) is 0 Å². The van der Waals surface area contributed by atoms with Crippen LogP contribution < -0.4 is 5.73 Å². The molecule has 0 radical (unpaired) electrons. The fourth-order valence-corrected chi connectivity index (χ4v) is 5.26. The first-order chi connectivity index (χ1) is 16.5. The topological polar surface area (TPSA) is 26.0 Å². The lowest BCUT2D eigenvalue weighted by molar-refractivity contribution is 0.177. The quantitative estimate of drug-likeness (QED) is 0.371. The first-order valence-corrected chi connectivity index (χ1v) is 14.4. The van der Waals surface area contributed by atoms with Crippen LogP contribution in [0.5, 0.6) is 0 Å². The van der Waals surface area contributed by atoms with Crippen molar-refractivity contribution in [3.05, 3.63) is 63.9 Å². The second-order valence-corrected chi connectivity index (χ2v) is 10.2. The molecule has 0 unspecified atom stereocenters. The maximum absolute atomic E-state index is 6.11. The SMILES string of the molecule is C=C(C)/C(=C1/CC(C)=C1N)c1cccc(C)c1C.CC.CC.CCCC(CC)(CCC)CC(C)C. The van der Waals surface area contributed by atoms with Gasteiger partial charge in [0.25, 0.3) is 0 Å². The molecule has 0 aliphatic heterocycles. The highest BCUT2D eigenvalue weighted by atomic mass is 14.6. The fraction of sp³-hybridized carbons (Fsp3) is 0.647. The van der Waals surface area contributed by atoms with E-state index in [9.17, 15) is 0 Å². The van der Waals surface area contributed by atoms with Crippen LogP contribution in [0.1, 0.15) is 138 Å². The van der Waals surface area contributed by atoms with Crippen LogP contribution in [-0.4, -0.2) is 0 Å². The first-order valence-electron chi connectivity index (χ1n) is 14.4. The summed E-state index contributed by atoms with van der Waals surface area (Å²) in [5.41, 5.74) is 16.5. The third-order valence-corrected chi connectivity index (χ3v) is 6.98. The van der Waals surface area contributed by atoms with Gasteiger partial charge in [-0.25, -0.2) is 0 Å². The van der Waals surface area contributed by atoms with Gasteiger partial charge in [-0.3, -0.25) is 0 Å². The van der Waals surface area contributed by atoms with Crippen LogP contribution in [-0.2, 0) is 0 Å². The van der Waals surface area contributed by atoms with Gasteiger partial charge in [0.05, 0.1) is 0 Å². The van der Waals surface area contributed by atoms with Crippen LogP contribution in [0.4, 0.5) is 0 Å². The molecule has 0 saturated carbocycles. The normalized spacial score (nSPS) is 14.0. The van der Waals surface area contributed by atoms with E-state index < -0.39 is 0 Å². The zero-order valence-electron chi connectivity index (χ0n) is 26.0. The highest BCUT2D eigenvalue weighted by Gasteiger charge is 2.26. The Balaban J connectivity index is 0. The summed E-state index contributed by atoms with van der Waals surface area (Å²) in [5.74, 6) is 0.859. The molecule has 0 spiro atoms. The Morgan fingerprint density at radius 3 is 1.83 bits per heavy atom. The zero-order chi connectivity index (χ0) is 27.8. The minimum atomic E-state index is 0.664. The van der Waals surface area contributed by atoms with E-state index in [4.69, 9.17) is 5.73 Å². The van der Waals surface area contributed by atoms with Crippen molar-refractivity contribution in [1.82, 2.24) is 0 Å². The van der Waals surface area contributed by atoms with Crippen molar-refractivity contribution in [2.24, 2.45) is 17.1 Å². The van der Waals surface area contributed by atoms with Crippen molar-refractivity contribution < 1.29 is 0 Å². The molecule has 0 bridgehead atoms. The molecule has 2 rings (SSSR count). The van der Waals surface area contributed by atoms with E-state index in [1.54, 1.807) is 0 Å². The molecule has 0 saturated heterocycles. The van der Waals surface area contributed by atoms with Gasteiger partial charge in [-0.15, -0.1) is 0 Å². The number of benzene rings is 1. The zero-order valence-corrected chi connectivity index (χ0v) is 26.0. The minimum Gasteiger partial charge on any atom is -0.399 e. The number of aryl methyl sites for hydroxylation is 1. The molecule has 1 aliphatic carbocycles. The van der Waals surface area contributed by atoms with Gasteiger partial charge in [0.1, 0.15) is 0 Å². The largest absolute Gasteiger partial charge is 0.399 e. The van der Waals surface area contributed by atoms with Crippen LogP contribution in [0.15, 0.2) is 47.2 Å². The summed E-state index contributed by atoms with van der Waals surface area (Å²) in [7, 11) is 0. The summed E-state index contributed by atoms with van der Waals surface area (Å²) in [6.45, 7) is 32.3. The molecule has 0 aromatic heterocycles. The second kappa shape index (κ2) is 18.5. The second-order valence-electron chi connectivity index (χ2n) is 10.2. The van der Waals surface area contributed by atoms with Gasteiger partial charge in [0.15, 0.2) is 0 Å². The minimum absolute atomic E-state index is 0.664. The summed E-state index contributed by atoms with van der Waals surface area (Å²) in [6, 6.07) is 6.41. The molecule has 1 aliphatic rings. The van der Waals surface area contributed by atoms with E-state index in [0.717, 1.165) is 23.6 Å². The first kappa shape index (κ1) is 35.4. The van der Waals surface area contributed by atoms with E-state index in [2.05, 4.69) is 87.1 Å². The molecule has 1 aromatic rings. The Labute approximate surface area is 221 Å². The highest BCUT2D eigenvalue weighted by molar-refractivity contribution is 5.86. The van der Waals surface area contributed by atoms with Crippen molar-refractivity contribution in [2.75, 3.05) is 0 Å². The van der Waals surface area contributed by atoms with Crippen molar-refractivity contribution in [1.29, 1.82) is 0 Å². The summed E-state index contributed by atoms with van der Waals surface area (Å²) in [5, 5.41) is 0. The van der Waals surface area contributed by atoms with E-state index >= 15 is 0 Å². The Morgan fingerprint density at radius 2 is 1.49 bits per heavy atom. The Bertz CT molecular complexity index is 798. The summed E-state index contributed by atoms with van der Waals surface area (Å²) in [6.07, 6.45) is 9.33. The Morgan fingerprint density at radius 1 is 0.971 bits per heavy atom. The van der Waals surface area contributed by atoms with Gasteiger partial charge in [-0.2, -0.15) is 0 Å². The average molecular weight is 484 g/mol. The molecule has 0 atom stereocenters. The molecular formula is C34H61N. The molecular weight excluding hydrogens is 422 g/mol. The predicted octanol–water partition coefficient (Wildman–Crippen LogP) is 11.4. The van der Waals surface area contributed by atoms with Gasteiger partial charge in [-0.1, -0.05) is 112 Å². The lowest BCUT2D eigenvalue weighted by Gasteiger charge is -2.34. The van der Waals surface area contributed by atoms with Crippen LogP contribution in [0, 0.1) is 25.2 Å². The molecule has 1 nitrogen and oxygen atoms in total. The van der Waals surface area contributed by atoms with Crippen LogP contribution in [0.2, 0.25) is 0 Å². The van der Waals surface area contributed by atoms with Gasteiger partial charge in [-0.05, 0) is 98.1 Å². The average Bonchev–Trinajstić information content (AvgIpc) is 2.84. The molecule has 35 heavy (non-hydrogen) atoms. The molecule has 1 heteroatoms. The molecule has 1 aromatic carbocycles. The molecule has 0 heterocycles. The maximum atomic E-state index is 6.11. The van der Waals surface area contributed by atoms with Crippen molar-refractivity contribution in [3.8, 4) is 0 Å². The van der Waals surface area contributed by atoms with E-state index in [-0.39, 0.29) is 0 Å². The monoisotopic (exact) mass is 483 g/mol. The number of allylic oxidation sites excluding steroid dienone is 4. The Kier molecular flexibility index (Phi) is 18.7. The van der Waals surface area contributed by atoms with Crippen molar-refractivity contribution in [3.63, 3.8) is 0 Å². The molecule has 0 amide bonds. The van der Waals surface area contributed by atoms with Gasteiger partial charge < -0.3 is 5.73 Å². The molecule has 0 fully saturated rings. The summed E-state index contributed by atoms with van der Waals surface area (Å²) >= 11 is 0. The van der Waals surface area contributed by atoms with Gasteiger partial charge in [0, 0.05) is 5.70 Å². The highest BCUT2D eigenvalue weighted by Crippen LogP contribution is 2.41. The van der Waals surface area contributed by atoms with E-state index in [1.807, 2.05) is 27.7 Å². The lowest BCUT2D eigenvalue weighted by atomic mass is 9.71. The summed E-state index contributed by atoms with van der Waals surface area (Å²) < 4.78 is 0. The fourth-order valence-electron chi connectivity index (χ4n) is 5.26.